The molecule has 0 aromatic carbocycles. The maximum absolute atomic E-state index is 9.99. The normalized spacial score (nSPS) is 18.8. The second kappa shape index (κ2) is 4.46. The highest BCUT2D eigenvalue weighted by Gasteiger charge is 2.16. The molecule has 0 saturated heterocycles. The number of aromatic amines is 1. The van der Waals surface area contributed by atoms with Crippen LogP contribution in [0.15, 0.2) is 55.3 Å². The van der Waals surface area contributed by atoms with Gasteiger partial charge in [-0.1, -0.05) is 6.08 Å². The van der Waals surface area contributed by atoms with Crippen LogP contribution in [0.3, 0.4) is 0 Å². The zero-order chi connectivity index (χ0) is 12.4. The lowest BCUT2D eigenvalue weighted by atomic mass is 10.1. The van der Waals surface area contributed by atoms with E-state index in [4.69, 9.17) is 0 Å². The second-order valence-corrected chi connectivity index (χ2v) is 3.96. The van der Waals surface area contributed by atoms with Gasteiger partial charge in [0.2, 0.25) is 0 Å². The third kappa shape index (κ3) is 1.91. The van der Waals surface area contributed by atoms with Gasteiger partial charge in [0.15, 0.2) is 0 Å². The average Bonchev–Trinajstić information content (AvgIpc) is 2.94. The lowest BCUT2D eigenvalue weighted by Crippen LogP contribution is -2.30. The lowest BCUT2D eigenvalue weighted by molar-refractivity contribution is 0.227. The summed E-state index contributed by atoms with van der Waals surface area (Å²) in [5, 5.41) is 16.7. The first-order valence-electron chi connectivity index (χ1n) is 5.60. The Morgan fingerprint density at radius 2 is 2.11 bits per heavy atom. The minimum absolute atomic E-state index is 0.664. The number of nitrogens with one attached hydrogen (secondary N) is 1. The molecule has 1 aliphatic rings. The highest BCUT2D eigenvalue weighted by atomic mass is 16.3. The summed E-state index contributed by atoms with van der Waals surface area (Å²) in [7, 11) is 0. The SMILES string of the molecule is OC1C=CC(c2cn[nH]c2)=CN1c1ccncc1. The molecule has 0 saturated carbocycles. The Balaban J connectivity index is 1.97. The van der Waals surface area contributed by atoms with E-state index in [-0.39, 0.29) is 0 Å². The summed E-state index contributed by atoms with van der Waals surface area (Å²) >= 11 is 0. The molecule has 2 aromatic heterocycles. The van der Waals surface area contributed by atoms with E-state index < -0.39 is 6.23 Å². The number of hydrogen-bond donors (Lipinski definition) is 2. The van der Waals surface area contributed by atoms with Crippen LogP contribution < -0.4 is 4.90 Å². The molecule has 5 heteroatoms. The van der Waals surface area contributed by atoms with Gasteiger partial charge in [0.1, 0.15) is 6.23 Å². The average molecular weight is 240 g/mol. The highest BCUT2D eigenvalue weighted by molar-refractivity contribution is 5.77. The summed E-state index contributed by atoms with van der Waals surface area (Å²) in [5.74, 6) is 0. The smallest absolute Gasteiger partial charge is 0.150 e. The van der Waals surface area contributed by atoms with Gasteiger partial charge in [-0.15, -0.1) is 0 Å². The molecule has 0 aliphatic carbocycles. The van der Waals surface area contributed by atoms with Crippen LogP contribution in [0.1, 0.15) is 5.56 Å². The van der Waals surface area contributed by atoms with E-state index in [9.17, 15) is 5.11 Å². The lowest BCUT2D eigenvalue weighted by Gasteiger charge is -2.28. The van der Waals surface area contributed by atoms with E-state index in [1.807, 2.05) is 30.6 Å². The minimum atomic E-state index is -0.664. The summed E-state index contributed by atoms with van der Waals surface area (Å²) in [4.78, 5) is 5.75. The molecule has 0 bridgehead atoms. The van der Waals surface area contributed by atoms with Crippen molar-refractivity contribution < 1.29 is 5.11 Å². The molecule has 2 N–H and O–H groups in total. The summed E-state index contributed by atoms with van der Waals surface area (Å²) < 4.78 is 0. The number of allylic oxidation sites excluding steroid dienone is 2. The van der Waals surface area contributed by atoms with Crippen LogP contribution in [-0.4, -0.2) is 26.5 Å². The standard InChI is InChI=1S/C13H12N4O/c18-13-2-1-10(11-7-15-16-8-11)9-17(13)12-3-5-14-6-4-12/h1-9,13,18H,(H,15,16). The number of hydrogen-bond acceptors (Lipinski definition) is 4. The van der Waals surface area contributed by atoms with E-state index >= 15 is 0 Å². The second-order valence-electron chi connectivity index (χ2n) is 3.96. The molecule has 0 spiro atoms. The molecule has 5 nitrogen and oxygen atoms in total. The predicted octanol–water partition coefficient (Wildman–Crippen LogP) is 1.54. The Morgan fingerprint density at radius 1 is 1.28 bits per heavy atom. The molecule has 18 heavy (non-hydrogen) atoms. The predicted molar refractivity (Wildman–Crippen MR) is 68.4 cm³/mol. The molecule has 1 unspecified atom stereocenters. The van der Waals surface area contributed by atoms with Crippen molar-refractivity contribution in [2.75, 3.05) is 4.90 Å². The Labute approximate surface area is 104 Å². The Kier molecular flexibility index (Phi) is 2.66. The number of aliphatic hydroxyl groups is 1. The fourth-order valence-corrected chi connectivity index (χ4v) is 1.87. The molecule has 90 valence electrons. The molecular formula is C13H12N4O. The molecule has 1 atom stereocenters. The largest absolute Gasteiger partial charge is 0.370 e. The van der Waals surface area contributed by atoms with Crippen molar-refractivity contribution in [1.29, 1.82) is 0 Å². The molecule has 3 rings (SSSR count). The zero-order valence-electron chi connectivity index (χ0n) is 9.56. The number of nitrogens with zero attached hydrogens (tertiary/aromatic N) is 3. The summed E-state index contributed by atoms with van der Waals surface area (Å²) in [6.45, 7) is 0. The van der Waals surface area contributed by atoms with Gasteiger partial charge in [0.05, 0.1) is 6.20 Å². The molecule has 3 heterocycles. The molecule has 2 aromatic rings. The summed E-state index contributed by atoms with van der Waals surface area (Å²) in [6, 6.07) is 3.71. The van der Waals surface area contributed by atoms with Crippen LogP contribution in [0.25, 0.3) is 5.57 Å². The van der Waals surface area contributed by atoms with Crippen molar-refractivity contribution in [1.82, 2.24) is 15.2 Å². The first-order valence-corrected chi connectivity index (χ1v) is 5.60. The van der Waals surface area contributed by atoms with Gasteiger partial charge in [-0.05, 0) is 18.2 Å². The number of H-pyrrole nitrogens is 1. The number of rotatable bonds is 2. The van der Waals surface area contributed by atoms with Gasteiger partial charge >= 0.3 is 0 Å². The first-order chi connectivity index (χ1) is 8.84. The quantitative estimate of drug-likeness (QED) is 0.835. The van der Waals surface area contributed by atoms with Gasteiger partial charge in [0, 0.05) is 41.6 Å². The van der Waals surface area contributed by atoms with Crippen LogP contribution in [0.4, 0.5) is 5.69 Å². The van der Waals surface area contributed by atoms with Crippen molar-refractivity contribution in [2.45, 2.75) is 6.23 Å². The Hall–Kier alpha value is -2.40. The van der Waals surface area contributed by atoms with E-state index in [0.29, 0.717) is 0 Å². The minimum Gasteiger partial charge on any atom is -0.370 e. The first kappa shape index (κ1) is 10.7. The van der Waals surface area contributed by atoms with Gasteiger partial charge in [-0.25, -0.2) is 0 Å². The number of aliphatic hydroxyl groups excluding tert-OH is 1. The molecule has 0 fully saturated rings. The molecule has 0 radical (unpaired) electrons. The Bertz CT molecular complexity index is 574. The number of aromatic nitrogens is 3. The van der Waals surface area contributed by atoms with E-state index in [1.54, 1.807) is 29.6 Å². The van der Waals surface area contributed by atoms with Gasteiger partial charge in [-0.2, -0.15) is 5.10 Å². The van der Waals surface area contributed by atoms with Crippen LogP contribution in [0.5, 0.6) is 0 Å². The molecular weight excluding hydrogens is 228 g/mol. The number of anilines is 1. The van der Waals surface area contributed by atoms with Crippen LogP contribution in [0, 0.1) is 0 Å². The summed E-state index contributed by atoms with van der Waals surface area (Å²) in [6.07, 6.45) is 11.8. The van der Waals surface area contributed by atoms with Crippen LogP contribution >= 0.6 is 0 Å². The Morgan fingerprint density at radius 3 is 2.83 bits per heavy atom. The molecule has 0 amide bonds. The van der Waals surface area contributed by atoms with Crippen molar-refractivity contribution in [2.24, 2.45) is 0 Å². The molecule has 1 aliphatic heterocycles. The van der Waals surface area contributed by atoms with Crippen molar-refractivity contribution in [3.8, 4) is 0 Å². The van der Waals surface area contributed by atoms with Crippen LogP contribution in [-0.2, 0) is 0 Å². The summed E-state index contributed by atoms with van der Waals surface area (Å²) in [5.41, 5.74) is 2.87. The van der Waals surface area contributed by atoms with Crippen LogP contribution in [0.2, 0.25) is 0 Å². The topological polar surface area (TPSA) is 65.0 Å². The maximum atomic E-state index is 9.99. The van der Waals surface area contributed by atoms with Crippen molar-refractivity contribution >= 4 is 11.3 Å². The fraction of sp³-hybridized carbons (Fsp3) is 0.0769. The number of pyridine rings is 1. The third-order valence-electron chi connectivity index (χ3n) is 2.80. The van der Waals surface area contributed by atoms with Crippen molar-refractivity contribution in [3.63, 3.8) is 0 Å². The fourth-order valence-electron chi connectivity index (χ4n) is 1.87. The van der Waals surface area contributed by atoms with Gasteiger partial charge in [-0.3, -0.25) is 10.1 Å². The maximum Gasteiger partial charge on any atom is 0.150 e. The van der Waals surface area contributed by atoms with Gasteiger partial charge in [0.25, 0.3) is 0 Å². The van der Waals surface area contributed by atoms with E-state index in [1.165, 1.54) is 0 Å². The van der Waals surface area contributed by atoms with Crippen molar-refractivity contribution in [3.05, 3.63) is 60.8 Å². The van der Waals surface area contributed by atoms with E-state index in [2.05, 4.69) is 15.2 Å². The third-order valence-corrected chi connectivity index (χ3v) is 2.80. The monoisotopic (exact) mass is 240 g/mol. The van der Waals surface area contributed by atoms with E-state index in [0.717, 1.165) is 16.8 Å². The zero-order valence-corrected chi connectivity index (χ0v) is 9.56. The van der Waals surface area contributed by atoms with Gasteiger partial charge < -0.3 is 10.0 Å². The highest BCUT2D eigenvalue weighted by Crippen LogP contribution is 2.25.